The zero-order chi connectivity index (χ0) is 15.7. The number of alkyl halides is 3. The Morgan fingerprint density at radius 3 is 2.55 bits per heavy atom. The lowest BCUT2D eigenvalue weighted by molar-refractivity contribution is -0.137. The standard InChI is InChI=1S/C16H9BrF3NO/c17-14-8-12(9-15-13(14)5-2-6-21-15)22-11-4-1-3-10(7-11)16(18,19)20/h1-9H. The summed E-state index contributed by atoms with van der Waals surface area (Å²) in [5.41, 5.74) is -0.0539. The van der Waals surface area contributed by atoms with E-state index in [-0.39, 0.29) is 5.75 Å². The molecule has 3 rings (SSSR count). The number of halogens is 4. The molecule has 22 heavy (non-hydrogen) atoms. The van der Waals surface area contributed by atoms with Gasteiger partial charge >= 0.3 is 6.18 Å². The fourth-order valence-electron chi connectivity index (χ4n) is 2.04. The molecular weight excluding hydrogens is 359 g/mol. The van der Waals surface area contributed by atoms with Crippen LogP contribution in [0.5, 0.6) is 11.5 Å². The van der Waals surface area contributed by atoms with E-state index in [9.17, 15) is 13.2 Å². The van der Waals surface area contributed by atoms with Gasteiger partial charge in [0.1, 0.15) is 11.5 Å². The highest BCUT2D eigenvalue weighted by molar-refractivity contribution is 9.10. The molecular formula is C16H9BrF3NO. The van der Waals surface area contributed by atoms with Crippen molar-refractivity contribution in [2.24, 2.45) is 0 Å². The van der Waals surface area contributed by atoms with Crippen molar-refractivity contribution in [2.45, 2.75) is 6.18 Å². The molecule has 2 aromatic carbocycles. The van der Waals surface area contributed by atoms with Gasteiger partial charge in [-0.05, 0) is 46.3 Å². The fourth-order valence-corrected chi connectivity index (χ4v) is 2.61. The molecule has 6 heteroatoms. The monoisotopic (exact) mass is 367 g/mol. The van der Waals surface area contributed by atoms with E-state index in [1.807, 2.05) is 6.07 Å². The normalized spacial score (nSPS) is 11.6. The Bertz CT molecular complexity index is 833. The van der Waals surface area contributed by atoms with Crippen LogP contribution in [0.2, 0.25) is 0 Å². The lowest BCUT2D eigenvalue weighted by Crippen LogP contribution is -2.04. The number of ether oxygens (including phenoxy) is 1. The smallest absolute Gasteiger partial charge is 0.416 e. The van der Waals surface area contributed by atoms with Gasteiger partial charge < -0.3 is 4.74 Å². The largest absolute Gasteiger partial charge is 0.457 e. The summed E-state index contributed by atoms with van der Waals surface area (Å²) in [7, 11) is 0. The average molecular weight is 368 g/mol. The molecule has 0 amide bonds. The first-order valence-corrected chi connectivity index (χ1v) is 7.12. The Morgan fingerprint density at radius 1 is 0.955 bits per heavy atom. The molecule has 2 nitrogen and oxygen atoms in total. The van der Waals surface area contributed by atoms with Gasteiger partial charge in [-0.1, -0.05) is 12.1 Å². The third-order valence-corrected chi connectivity index (χ3v) is 3.70. The summed E-state index contributed by atoms with van der Waals surface area (Å²) in [4.78, 5) is 4.21. The number of rotatable bonds is 2. The van der Waals surface area contributed by atoms with Crippen LogP contribution in [0.1, 0.15) is 5.56 Å². The topological polar surface area (TPSA) is 22.1 Å². The number of hydrogen-bond acceptors (Lipinski definition) is 2. The van der Waals surface area contributed by atoms with E-state index in [1.54, 1.807) is 24.4 Å². The summed E-state index contributed by atoms with van der Waals surface area (Å²) >= 11 is 3.41. The maximum absolute atomic E-state index is 12.7. The third-order valence-electron chi connectivity index (χ3n) is 3.04. The van der Waals surface area contributed by atoms with Crippen LogP contribution in [0.3, 0.4) is 0 Å². The van der Waals surface area contributed by atoms with Gasteiger partial charge in [0.05, 0.1) is 11.1 Å². The molecule has 1 heterocycles. The molecule has 112 valence electrons. The van der Waals surface area contributed by atoms with Gasteiger partial charge in [-0.2, -0.15) is 13.2 Å². The van der Waals surface area contributed by atoms with Gasteiger partial charge in [0.2, 0.25) is 0 Å². The van der Waals surface area contributed by atoms with Gasteiger partial charge in [-0.3, -0.25) is 4.98 Å². The molecule has 0 aliphatic heterocycles. The SMILES string of the molecule is FC(F)(F)c1cccc(Oc2cc(Br)c3cccnc3c2)c1. The summed E-state index contributed by atoms with van der Waals surface area (Å²) in [6.45, 7) is 0. The van der Waals surface area contributed by atoms with Crippen molar-refractivity contribution in [3.05, 3.63) is 64.8 Å². The molecule has 0 unspecified atom stereocenters. The lowest BCUT2D eigenvalue weighted by atomic mass is 10.2. The van der Waals surface area contributed by atoms with Crippen LogP contribution >= 0.6 is 15.9 Å². The molecule has 0 bridgehead atoms. The number of hydrogen-bond donors (Lipinski definition) is 0. The maximum Gasteiger partial charge on any atom is 0.416 e. The fraction of sp³-hybridized carbons (Fsp3) is 0.0625. The minimum absolute atomic E-state index is 0.122. The van der Waals surface area contributed by atoms with Crippen LogP contribution in [0, 0.1) is 0 Å². The Hall–Kier alpha value is -2.08. The van der Waals surface area contributed by atoms with E-state index >= 15 is 0 Å². The predicted molar refractivity (Wildman–Crippen MR) is 81.0 cm³/mol. The molecule has 0 saturated carbocycles. The minimum Gasteiger partial charge on any atom is -0.457 e. The van der Waals surface area contributed by atoms with Crippen LogP contribution < -0.4 is 4.74 Å². The van der Waals surface area contributed by atoms with Crippen LogP contribution in [0.4, 0.5) is 13.2 Å². The maximum atomic E-state index is 12.7. The number of nitrogens with zero attached hydrogens (tertiary/aromatic N) is 1. The highest BCUT2D eigenvalue weighted by Gasteiger charge is 2.30. The summed E-state index contributed by atoms with van der Waals surface area (Å²) in [5, 5.41) is 0.902. The third kappa shape index (κ3) is 3.06. The molecule has 0 fully saturated rings. The van der Waals surface area contributed by atoms with E-state index in [1.165, 1.54) is 12.1 Å². The molecule has 0 aliphatic rings. The van der Waals surface area contributed by atoms with Crippen molar-refractivity contribution in [3.8, 4) is 11.5 Å². The highest BCUT2D eigenvalue weighted by Crippen LogP contribution is 2.34. The highest BCUT2D eigenvalue weighted by atomic mass is 79.9. The predicted octanol–water partition coefficient (Wildman–Crippen LogP) is 5.81. The van der Waals surface area contributed by atoms with Gasteiger partial charge in [-0.15, -0.1) is 0 Å². The zero-order valence-corrected chi connectivity index (χ0v) is 12.6. The van der Waals surface area contributed by atoms with Crippen molar-refractivity contribution in [1.82, 2.24) is 4.98 Å². The molecule has 0 atom stereocenters. The summed E-state index contributed by atoms with van der Waals surface area (Å²) in [6.07, 6.45) is -2.76. The Kier molecular flexibility index (Phi) is 3.78. The first-order valence-electron chi connectivity index (χ1n) is 6.33. The molecule has 0 spiro atoms. The molecule has 0 saturated heterocycles. The van der Waals surface area contributed by atoms with Crippen LogP contribution in [0.25, 0.3) is 10.9 Å². The molecule has 0 N–H and O–H groups in total. The van der Waals surface area contributed by atoms with Crippen molar-refractivity contribution in [3.63, 3.8) is 0 Å². The minimum atomic E-state index is -4.40. The number of aromatic nitrogens is 1. The lowest BCUT2D eigenvalue weighted by Gasteiger charge is -2.11. The number of benzene rings is 2. The van der Waals surface area contributed by atoms with Crippen molar-refractivity contribution in [2.75, 3.05) is 0 Å². The Balaban J connectivity index is 1.97. The van der Waals surface area contributed by atoms with Crippen molar-refractivity contribution >= 4 is 26.8 Å². The second-order valence-electron chi connectivity index (χ2n) is 4.60. The average Bonchev–Trinajstić information content (AvgIpc) is 2.47. The summed E-state index contributed by atoms with van der Waals surface area (Å²) in [6, 6.07) is 11.8. The first-order chi connectivity index (χ1) is 10.4. The van der Waals surface area contributed by atoms with E-state index < -0.39 is 11.7 Å². The van der Waals surface area contributed by atoms with E-state index in [4.69, 9.17) is 4.74 Å². The Morgan fingerprint density at radius 2 is 1.77 bits per heavy atom. The summed E-state index contributed by atoms with van der Waals surface area (Å²) < 4.78 is 44.4. The molecule has 0 radical (unpaired) electrons. The van der Waals surface area contributed by atoms with E-state index in [0.717, 1.165) is 22.0 Å². The molecule has 0 aliphatic carbocycles. The quantitative estimate of drug-likeness (QED) is 0.570. The van der Waals surface area contributed by atoms with Gasteiger partial charge in [0.25, 0.3) is 0 Å². The van der Waals surface area contributed by atoms with Gasteiger partial charge in [0.15, 0.2) is 0 Å². The second-order valence-corrected chi connectivity index (χ2v) is 5.46. The molecule has 1 aromatic heterocycles. The Labute approximate surface area is 132 Å². The first kappa shape index (κ1) is 14.8. The second kappa shape index (κ2) is 5.61. The van der Waals surface area contributed by atoms with Crippen LogP contribution in [-0.2, 0) is 6.18 Å². The van der Waals surface area contributed by atoms with E-state index in [2.05, 4.69) is 20.9 Å². The van der Waals surface area contributed by atoms with Gasteiger partial charge in [-0.25, -0.2) is 0 Å². The van der Waals surface area contributed by atoms with E-state index in [0.29, 0.717) is 11.3 Å². The van der Waals surface area contributed by atoms with Crippen LogP contribution in [0.15, 0.2) is 59.2 Å². The number of pyridine rings is 1. The van der Waals surface area contributed by atoms with Crippen LogP contribution in [-0.4, -0.2) is 4.98 Å². The zero-order valence-electron chi connectivity index (χ0n) is 11.1. The molecule has 3 aromatic rings. The number of fused-ring (bicyclic) bond motifs is 1. The van der Waals surface area contributed by atoms with Crippen molar-refractivity contribution in [1.29, 1.82) is 0 Å². The van der Waals surface area contributed by atoms with Crippen molar-refractivity contribution < 1.29 is 17.9 Å². The van der Waals surface area contributed by atoms with Gasteiger partial charge in [0, 0.05) is 22.1 Å². The summed E-state index contributed by atoms with van der Waals surface area (Å²) in [5.74, 6) is 0.536.